The van der Waals surface area contributed by atoms with Crippen LogP contribution >= 0.6 is 0 Å². The third-order valence-electron chi connectivity index (χ3n) is 1.83. The molecular formula is C12H14O6. The van der Waals surface area contributed by atoms with Crippen molar-refractivity contribution in [2.75, 3.05) is 13.2 Å². The zero-order valence-electron chi connectivity index (χ0n) is 10.1. The second kappa shape index (κ2) is 6.48. The second-order valence-electron chi connectivity index (χ2n) is 3.19. The maximum absolute atomic E-state index is 11.1. The van der Waals surface area contributed by atoms with Gasteiger partial charge in [-0.15, -0.1) is 0 Å². The summed E-state index contributed by atoms with van der Waals surface area (Å²) in [5.41, 5.74) is 0. The minimum absolute atomic E-state index is 0.0555. The van der Waals surface area contributed by atoms with Crippen LogP contribution in [0.15, 0.2) is 35.5 Å². The van der Waals surface area contributed by atoms with E-state index in [0.29, 0.717) is 6.61 Å². The highest BCUT2D eigenvalue weighted by Gasteiger charge is 2.21. The first-order valence-electron chi connectivity index (χ1n) is 5.42. The fourth-order valence-corrected chi connectivity index (χ4v) is 1.22. The van der Waals surface area contributed by atoms with Crippen LogP contribution in [0.25, 0.3) is 0 Å². The summed E-state index contributed by atoms with van der Waals surface area (Å²) in [5.74, 6) is -1.39. The van der Waals surface area contributed by atoms with Crippen LogP contribution in [0.1, 0.15) is 13.8 Å². The molecule has 6 heteroatoms. The molecule has 0 unspecified atom stereocenters. The number of hydrogen-bond acceptors (Lipinski definition) is 6. The van der Waals surface area contributed by atoms with Gasteiger partial charge in [0.15, 0.2) is 11.5 Å². The molecule has 1 N–H and O–H groups in total. The van der Waals surface area contributed by atoms with E-state index in [4.69, 9.17) is 9.47 Å². The minimum Gasteiger partial charge on any atom is -0.508 e. The highest BCUT2D eigenvalue weighted by molar-refractivity contribution is 5.88. The Labute approximate surface area is 104 Å². The first kappa shape index (κ1) is 13.8. The molecule has 0 aromatic heterocycles. The van der Waals surface area contributed by atoms with Crippen LogP contribution in [0, 0.1) is 0 Å². The fourth-order valence-electron chi connectivity index (χ4n) is 1.22. The van der Waals surface area contributed by atoms with Gasteiger partial charge in [-0.2, -0.15) is 0 Å². The van der Waals surface area contributed by atoms with Gasteiger partial charge in [0.25, 0.3) is 0 Å². The Morgan fingerprint density at radius 1 is 1.44 bits per heavy atom. The van der Waals surface area contributed by atoms with Crippen LogP contribution in [0.5, 0.6) is 0 Å². The molecule has 0 aliphatic carbocycles. The van der Waals surface area contributed by atoms with E-state index in [1.165, 1.54) is 0 Å². The number of cyclic esters (lactones) is 1. The quantitative estimate of drug-likeness (QED) is 0.453. The number of carbonyl (C=O) groups is 2. The molecule has 1 rings (SSSR count). The SMILES string of the molecule is CCOC(=O)/C=C(O)/C=C1\OC(=O)C=C1OCC. The average Bonchev–Trinajstić information content (AvgIpc) is 2.59. The Hall–Kier alpha value is -2.24. The average molecular weight is 254 g/mol. The highest BCUT2D eigenvalue weighted by atomic mass is 16.6. The molecular weight excluding hydrogens is 240 g/mol. The van der Waals surface area contributed by atoms with Crippen molar-refractivity contribution in [1.82, 2.24) is 0 Å². The van der Waals surface area contributed by atoms with Gasteiger partial charge in [0.2, 0.25) is 0 Å². The lowest BCUT2D eigenvalue weighted by molar-refractivity contribution is -0.137. The molecule has 0 aromatic rings. The molecule has 98 valence electrons. The van der Waals surface area contributed by atoms with Crippen molar-refractivity contribution < 1.29 is 28.9 Å². The number of hydrogen-bond donors (Lipinski definition) is 1. The van der Waals surface area contributed by atoms with Gasteiger partial charge in [0.05, 0.1) is 25.4 Å². The predicted octanol–water partition coefficient (Wildman–Crippen LogP) is 1.35. The summed E-state index contributed by atoms with van der Waals surface area (Å²) in [7, 11) is 0. The molecule has 0 saturated carbocycles. The van der Waals surface area contributed by atoms with E-state index in [0.717, 1.165) is 18.2 Å². The molecule has 0 amide bonds. The smallest absolute Gasteiger partial charge is 0.340 e. The van der Waals surface area contributed by atoms with E-state index in [2.05, 4.69) is 4.74 Å². The third-order valence-corrected chi connectivity index (χ3v) is 1.83. The van der Waals surface area contributed by atoms with E-state index in [1.807, 2.05) is 0 Å². The molecule has 0 fully saturated rings. The molecule has 6 nitrogen and oxygen atoms in total. The van der Waals surface area contributed by atoms with Crippen LogP contribution in [0.4, 0.5) is 0 Å². The van der Waals surface area contributed by atoms with Crippen molar-refractivity contribution in [1.29, 1.82) is 0 Å². The van der Waals surface area contributed by atoms with Crippen molar-refractivity contribution in [3.05, 3.63) is 35.5 Å². The van der Waals surface area contributed by atoms with Crippen LogP contribution in [0.3, 0.4) is 0 Å². The lowest BCUT2D eigenvalue weighted by Gasteiger charge is -2.04. The molecule has 1 heterocycles. The Balaban J connectivity index is 2.80. The zero-order valence-corrected chi connectivity index (χ0v) is 10.1. The summed E-state index contributed by atoms with van der Waals surface area (Å²) in [6.45, 7) is 3.95. The van der Waals surface area contributed by atoms with Crippen LogP contribution in [-0.2, 0) is 23.8 Å². The molecule has 1 aliphatic rings. The molecule has 0 aromatic carbocycles. The molecule has 0 radical (unpaired) electrons. The summed E-state index contributed by atoms with van der Waals surface area (Å²) in [6.07, 6.45) is 3.16. The summed E-state index contributed by atoms with van der Waals surface area (Å²) >= 11 is 0. The van der Waals surface area contributed by atoms with Gasteiger partial charge < -0.3 is 19.3 Å². The van der Waals surface area contributed by atoms with Gasteiger partial charge >= 0.3 is 11.9 Å². The van der Waals surface area contributed by atoms with Crippen LogP contribution in [-0.4, -0.2) is 30.3 Å². The number of esters is 2. The Morgan fingerprint density at radius 3 is 2.78 bits per heavy atom. The minimum atomic E-state index is -0.682. The normalized spacial score (nSPS) is 17.4. The first-order valence-corrected chi connectivity index (χ1v) is 5.42. The van der Waals surface area contributed by atoms with E-state index in [9.17, 15) is 14.7 Å². The van der Waals surface area contributed by atoms with Crippen molar-refractivity contribution in [2.24, 2.45) is 0 Å². The predicted molar refractivity (Wildman–Crippen MR) is 61.2 cm³/mol. The molecule has 0 saturated heterocycles. The van der Waals surface area contributed by atoms with Gasteiger partial charge in [-0.3, -0.25) is 0 Å². The number of allylic oxidation sites excluding steroid dienone is 1. The van der Waals surface area contributed by atoms with Gasteiger partial charge in [0.1, 0.15) is 5.76 Å². The Bertz CT molecular complexity index is 430. The number of carbonyl (C=O) groups excluding carboxylic acids is 2. The van der Waals surface area contributed by atoms with Gasteiger partial charge in [0, 0.05) is 6.08 Å². The molecule has 0 spiro atoms. The number of ether oxygens (including phenoxy) is 3. The van der Waals surface area contributed by atoms with Crippen molar-refractivity contribution in [2.45, 2.75) is 13.8 Å². The summed E-state index contributed by atoms with van der Waals surface area (Å²) in [5, 5.41) is 9.49. The maximum Gasteiger partial charge on any atom is 0.340 e. The van der Waals surface area contributed by atoms with Crippen LogP contribution in [0.2, 0.25) is 0 Å². The highest BCUT2D eigenvalue weighted by Crippen LogP contribution is 2.21. The van der Waals surface area contributed by atoms with Crippen molar-refractivity contribution >= 4 is 11.9 Å². The molecule has 18 heavy (non-hydrogen) atoms. The third kappa shape index (κ3) is 3.97. The second-order valence-corrected chi connectivity index (χ2v) is 3.19. The molecule has 1 aliphatic heterocycles. The summed E-state index contributed by atoms with van der Waals surface area (Å²) in [6, 6.07) is 0. The first-order chi connectivity index (χ1) is 8.56. The van der Waals surface area contributed by atoms with E-state index in [-0.39, 0.29) is 23.9 Å². The molecule has 0 bridgehead atoms. The summed E-state index contributed by atoms with van der Waals surface area (Å²) in [4.78, 5) is 22.1. The van der Waals surface area contributed by atoms with Crippen molar-refractivity contribution in [3.63, 3.8) is 0 Å². The zero-order chi connectivity index (χ0) is 13.5. The number of aliphatic hydroxyl groups is 1. The molecule has 0 atom stereocenters. The Kier molecular flexibility index (Phi) is 4.98. The topological polar surface area (TPSA) is 82.1 Å². The monoisotopic (exact) mass is 254 g/mol. The van der Waals surface area contributed by atoms with Gasteiger partial charge in [-0.1, -0.05) is 0 Å². The van der Waals surface area contributed by atoms with E-state index < -0.39 is 11.9 Å². The number of aliphatic hydroxyl groups excluding tert-OH is 1. The van der Waals surface area contributed by atoms with Crippen molar-refractivity contribution in [3.8, 4) is 0 Å². The van der Waals surface area contributed by atoms with Crippen LogP contribution < -0.4 is 0 Å². The standard InChI is InChI=1S/C12H14O6/c1-3-16-9-7-12(15)18-10(9)5-8(13)6-11(14)17-4-2/h5-7,13H,3-4H2,1-2H3/b8-6-,10-5-. The maximum atomic E-state index is 11.1. The fraction of sp³-hybridized carbons (Fsp3) is 0.333. The van der Waals surface area contributed by atoms with E-state index in [1.54, 1.807) is 13.8 Å². The van der Waals surface area contributed by atoms with Gasteiger partial charge in [-0.25, -0.2) is 9.59 Å². The Morgan fingerprint density at radius 2 is 2.17 bits per heavy atom. The summed E-state index contributed by atoms with van der Waals surface area (Å²) < 4.78 is 14.5. The number of rotatable bonds is 5. The van der Waals surface area contributed by atoms with Gasteiger partial charge in [-0.05, 0) is 13.8 Å². The van der Waals surface area contributed by atoms with E-state index >= 15 is 0 Å². The largest absolute Gasteiger partial charge is 0.508 e. The lowest BCUT2D eigenvalue weighted by Crippen LogP contribution is -2.01. The lowest BCUT2D eigenvalue weighted by atomic mass is 10.3.